The number of hydrogen-bond donors (Lipinski definition) is 0. The molecule has 0 N–H and O–H groups in total. The number of ether oxygens (including phenoxy) is 1. The van der Waals surface area contributed by atoms with Crippen LogP contribution >= 0.6 is 11.8 Å². The van der Waals surface area contributed by atoms with E-state index in [2.05, 4.69) is 6.58 Å². The van der Waals surface area contributed by atoms with Gasteiger partial charge < -0.3 is 4.74 Å². The molecule has 0 aliphatic carbocycles. The second-order valence-electron chi connectivity index (χ2n) is 3.86. The lowest BCUT2D eigenvalue weighted by atomic mass is 10.1. The van der Waals surface area contributed by atoms with Crippen LogP contribution in [0.5, 0.6) is 0 Å². The Morgan fingerprint density at radius 3 is 2.74 bits per heavy atom. The van der Waals surface area contributed by atoms with E-state index in [1.807, 2.05) is 24.3 Å². The molecule has 0 fully saturated rings. The van der Waals surface area contributed by atoms with E-state index < -0.39 is 5.97 Å². The zero-order valence-corrected chi connectivity index (χ0v) is 11.2. The number of thioether (sulfide) groups is 1. The first kappa shape index (κ1) is 13.4. The normalized spacial score (nSPS) is 10.2. The van der Waals surface area contributed by atoms with Crippen molar-refractivity contribution in [1.29, 1.82) is 0 Å². The maximum atomic E-state index is 11.6. The third-order valence-electron chi connectivity index (χ3n) is 2.52. The Balaban J connectivity index is 2.47. The fourth-order valence-corrected chi connectivity index (χ4v) is 2.52. The first-order valence-corrected chi connectivity index (χ1v) is 6.46. The average molecular weight is 272 g/mol. The molecule has 3 nitrogen and oxygen atoms in total. The number of carbonyl (C=O) groups excluding carboxylic acids is 2. The molecule has 96 valence electrons. The van der Waals surface area contributed by atoms with Gasteiger partial charge in [0.2, 0.25) is 0 Å². The summed E-state index contributed by atoms with van der Waals surface area (Å²) in [6.45, 7) is 4.88. The number of esters is 1. The Kier molecular flexibility index (Phi) is 4.02. The number of hydrogen-bond acceptors (Lipinski definition) is 4. The molecule has 0 radical (unpaired) electrons. The highest BCUT2D eigenvalue weighted by Crippen LogP contribution is 2.29. The van der Waals surface area contributed by atoms with Crippen molar-refractivity contribution in [1.82, 2.24) is 0 Å². The van der Waals surface area contributed by atoms with Crippen LogP contribution in [0.2, 0.25) is 0 Å². The van der Waals surface area contributed by atoms with Crippen LogP contribution < -0.4 is 0 Å². The molecular formula is C15H12O3S. The first-order valence-electron chi connectivity index (χ1n) is 5.65. The van der Waals surface area contributed by atoms with Crippen LogP contribution in [0, 0.1) is 0 Å². The van der Waals surface area contributed by atoms with Crippen molar-refractivity contribution >= 4 is 33.6 Å². The highest BCUT2D eigenvalue weighted by atomic mass is 32.2. The second-order valence-corrected chi connectivity index (χ2v) is 5.08. The quantitative estimate of drug-likeness (QED) is 0.484. The Morgan fingerprint density at radius 2 is 2.05 bits per heavy atom. The minimum absolute atomic E-state index is 0.0302. The van der Waals surface area contributed by atoms with Crippen LogP contribution in [0.15, 0.2) is 54.1 Å². The molecule has 0 saturated carbocycles. The molecule has 2 aromatic rings. The summed E-state index contributed by atoms with van der Waals surface area (Å²) in [5.41, 5.74) is 0.456. The lowest BCUT2D eigenvalue weighted by molar-refractivity contribution is -0.109. The highest BCUT2D eigenvalue weighted by molar-refractivity contribution is 8.13. The summed E-state index contributed by atoms with van der Waals surface area (Å²) < 4.78 is 4.74. The number of benzene rings is 2. The van der Waals surface area contributed by atoms with Gasteiger partial charge in [0.15, 0.2) is 5.12 Å². The fourth-order valence-electron chi connectivity index (χ4n) is 1.77. The minimum Gasteiger partial charge on any atom is -0.432 e. The van der Waals surface area contributed by atoms with Crippen LogP contribution in [0.4, 0.5) is 0 Å². The molecule has 0 bridgehead atoms. The first-order chi connectivity index (χ1) is 9.11. The van der Waals surface area contributed by atoms with Crippen LogP contribution in [-0.4, -0.2) is 11.1 Å². The molecule has 0 unspecified atom stereocenters. The average Bonchev–Trinajstić information content (AvgIpc) is 2.38. The summed E-state index contributed by atoms with van der Waals surface area (Å²) in [7, 11) is 0. The zero-order chi connectivity index (χ0) is 13.8. The molecule has 0 aliphatic rings. The molecule has 2 aromatic carbocycles. The lowest BCUT2D eigenvalue weighted by Crippen LogP contribution is -1.99. The smallest absolute Gasteiger partial charge is 0.342 e. The van der Waals surface area contributed by atoms with Crippen molar-refractivity contribution in [2.75, 3.05) is 0 Å². The lowest BCUT2D eigenvalue weighted by Gasteiger charge is -2.06. The van der Waals surface area contributed by atoms with E-state index in [4.69, 9.17) is 4.74 Å². The Morgan fingerprint density at radius 1 is 1.26 bits per heavy atom. The topological polar surface area (TPSA) is 43.4 Å². The van der Waals surface area contributed by atoms with Crippen molar-refractivity contribution in [3.63, 3.8) is 0 Å². The largest absolute Gasteiger partial charge is 0.432 e. The van der Waals surface area contributed by atoms with Gasteiger partial charge in [-0.25, -0.2) is 4.79 Å². The monoisotopic (exact) mass is 272 g/mol. The van der Waals surface area contributed by atoms with E-state index in [0.717, 1.165) is 21.9 Å². The summed E-state index contributed by atoms with van der Waals surface area (Å²) in [5.74, 6) is -0.443. The van der Waals surface area contributed by atoms with Crippen molar-refractivity contribution in [2.24, 2.45) is 0 Å². The minimum atomic E-state index is -0.443. The molecule has 0 spiro atoms. The number of rotatable bonds is 3. The Hall–Kier alpha value is -2.07. The van der Waals surface area contributed by atoms with Crippen molar-refractivity contribution < 1.29 is 14.3 Å². The Bertz CT molecular complexity index is 661. The second kappa shape index (κ2) is 5.71. The van der Waals surface area contributed by atoms with E-state index in [0.29, 0.717) is 5.56 Å². The number of fused-ring (bicyclic) bond motifs is 1. The van der Waals surface area contributed by atoms with E-state index in [-0.39, 0.29) is 5.12 Å². The van der Waals surface area contributed by atoms with Gasteiger partial charge in [0.05, 0.1) is 11.8 Å². The summed E-state index contributed by atoms with van der Waals surface area (Å²) in [6.07, 6.45) is 1.11. The van der Waals surface area contributed by atoms with E-state index >= 15 is 0 Å². The summed E-state index contributed by atoms with van der Waals surface area (Å²) in [6, 6.07) is 10.9. The molecular weight excluding hydrogens is 260 g/mol. The van der Waals surface area contributed by atoms with Crippen LogP contribution in [-0.2, 0) is 9.53 Å². The van der Waals surface area contributed by atoms with Gasteiger partial charge in [-0.2, -0.15) is 0 Å². The van der Waals surface area contributed by atoms with Gasteiger partial charge in [0.1, 0.15) is 0 Å². The van der Waals surface area contributed by atoms with Gasteiger partial charge in [-0.15, -0.1) is 0 Å². The van der Waals surface area contributed by atoms with E-state index in [1.54, 1.807) is 12.1 Å². The van der Waals surface area contributed by atoms with Crippen LogP contribution in [0.1, 0.15) is 17.3 Å². The number of carbonyl (C=O) groups is 2. The summed E-state index contributed by atoms with van der Waals surface area (Å²) in [4.78, 5) is 23.7. The van der Waals surface area contributed by atoms with Crippen LogP contribution in [0.3, 0.4) is 0 Å². The van der Waals surface area contributed by atoms with E-state index in [9.17, 15) is 9.59 Å². The van der Waals surface area contributed by atoms with Gasteiger partial charge in [-0.1, -0.05) is 36.5 Å². The molecule has 2 rings (SSSR count). The molecule has 4 heteroatoms. The molecule has 0 aliphatic heterocycles. The van der Waals surface area contributed by atoms with Gasteiger partial charge in [0, 0.05) is 11.8 Å². The third kappa shape index (κ3) is 3.03. The SMILES string of the molecule is C=COC(=O)c1ccc2c(SC(C)=O)cccc2c1. The van der Waals surface area contributed by atoms with Crippen molar-refractivity contribution in [3.05, 3.63) is 54.8 Å². The predicted octanol–water partition coefficient (Wildman–Crippen LogP) is 3.78. The summed E-state index contributed by atoms with van der Waals surface area (Å²) >= 11 is 1.18. The zero-order valence-electron chi connectivity index (χ0n) is 10.4. The van der Waals surface area contributed by atoms with Gasteiger partial charge >= 0.3 is 5.97 Å². The van der Waals surface area contributed by atoms with Gasteiger partial charge in [0.25, 0.3) is 0 Å². The maximum absolute atomic E-state index is 11.6. The van der Waals surface area contributed by atoms with Gasteiger partial charge in [-0.05, 0) is 29.0 Å². The highest BCUT2D eigenvalue weighted by Gasteiger charge is 2.09. The predicted molar refractivity (Wildman–Crippen MR) is 76.1 cm³/mol. The standard InChI is InChI=1S/C15H12O3S/c1-3-18-15(17)12-7-8-13-11(9-12)5-4-6-14(13)19-10(2)16/h3-9H,1H2,2H3. The van der Waals surface area contributed by atoms with E-state index in [1.165, 1.54) is 18.7 Å². The molecule has 0 heterocycles. The van der Waals surface area contributed by atoms with Crippen molar-refractivity contribution in [3.8, 4) is 0 Å². The molecule has 0 saturated heterocycles. The molecule has 0 atom stereocenters. The third-order valence-corrected chi connectivity index (χ3v) is 3.38. The summed E-state index contributed by atoms with van der Waals surface area (Å²) in [5, 5.41) is 1.87. The maximum Gasteiger partial charge on any atom is 0.342 e. The molecule has 0 amide bonds. The van der Waals surface area contributed by atoms with Crippen molar-refractivity contribution in [2.45, 2.75) is 11.8 Å². The molecule has 19 heavy (non-hydrogen) atoms. The molecule has 0 aromatic heterocycles. The van der Waals surface area contributed by atoms with Gasteiger partial charge in [-0.3, -0.25) is 4.79 Å². The Labute approximate surface area is 115 Å². The fraction of sp³-hybridized carbons (Fsp3) is 0.0667. The van der Waals surface area contributed by atoms with Crippen LogP contribution in [0.25, 0.3) is 10.8 Å².